The molecule has 1 unspecified atom stereocenters. The molecule has 2 aromatic rings. The van der Waals surface area contributed by atoms with E-state index < -0.39 is 0 Å². The maximum Gasteiger partial charge on any atom is 0.0603 e. The summed E-state index contributed by atoms with van der Waals surface area (Å²) in [7, 11) is 1.93. The Labute approximate surface area is 130 Å². The maximum absolute atomic E-state index is 6.46. The third-order valence-corrected chi connectivity index (χ3v) is 4.59. The first-order chi connectivity index (χ1) is 9.45. The van der Waals surface area contributed by atoms with Gasteiger partial charge in [0.25, 0.3) is 0 Å². The van der Waals surface area contributed by atoms with Crippen LogP contribution in [0.5, 0.6) is 0 Å². The van der Waals surface area contributed by atoms with E-state index in [1.807, 2.05) is 38.2 Å². The van der Waals surface area contributed by atoms with Crippen LogP contribution in [0.25, 0.3) is 0 Å². The molecule has 0 saturated heterocycles. The van der Waals surface area contributed by atoms with Crippen molar-refractivity contribution < 1.29 is 0 Å². The molecule has 1 atom stereocenters. The first-order valence-electron chi connectivity index (χ1n) is 6.64. The summed E-state index contributed by atoms with van der Waals surface area (Å²) in [5.41, 5.74) is 5.62. The first kappa shape index (κ1) is 15.4. The number of halogens is 2. The molecule has 1 nitrogen and oxygen atoms in total. The number of rotatable bonds is 3. The topological polar surface area (TPSA) is 12.0 Å². The summed E-state index contributed by atoms with van der Waals surface area (Å²) in [6, 6.07) is 10.2. The van der Waals surface area contributed by atoms with E-state index in [4.69, 9.17) is 23.2 Å². The van der Waals surface area contributed by atoms with Crippen LogP contribution >= 0.6 is 23.2 Å². The molecule has 0 spiro atoms. The lowest BCUT2D eigenvalue weighted by Gasteiger charge is -2.21. The van der Waals surface area contributed by atoms with E-state index in [0.717, 1.165) is 26.7 Å². The average Bonchev–Trinajstić information content (AvgIpc) is 2.41. The van der Waals surface area contributed by atoms with Crippen molar-refractivity contribution in [2.45, 2.75) is 26.8 Å². The monoisotopic (exact) mass is 307 g/mol. The molecule has 0 amide bonds. The van der Waals surface area contributed by atoms with Crippen molar-refractivity contribution in [3.05, 3.63) is 68.2 Å². The van der Waals surface area contributed by atoms with E-state index in [1.54, 1.807) is 0 Å². The van der Waals surface area contributed by atoms with Gasteiger partial charge in [-0.05, 0) is 61.7 Å². The predicted molar refractivity (Wildman–Crippen MR) is 88.0 cm³/mol. The Kier molecular flexibility index (Phi) is 4.74. The normalized spacial score (nSPS) is 12.5. The van der Waals surface area contributed by atoms with Gasteiger partial charge in [-0.1, -0.05) is 47.5 Å². The molecule has 0 saturated carbocycles. The molecule has 0 aliphatic rings. The van der Waals surface area contributed by atoms with Crippen LogP contribution in [0.1, 0.15) is 33.9 Å². The number of benzene rings is 2. The van der Waals surface area contributed by atoms with Gasteiger partial charge in [0.1, 0.15) is 0 Å². The lowest BCUT2D eigenvalue weighted by molar-refractivity contribution is 0.691. The standard InChI is InChI=1S/C17H19Cl2N/c1-10-6-5-7-13(16(10)19)17(20-4)14-8-11(2)12(3)9-15(14)18/h5-9,17,20H,1-4H3. The van der Waals surface area contributed by atoms with E-state index in [9.17, 15) is 0 Å². The van der Waals surface area contributed by atoms with E-state index in [2.05, 4.69) is 25.2 Å². The van der Waals surface area contributed by atoms with Gasteiger partial charge in [-0.3, -0.25) is 0 Å². The Morgan fingerprint density at radius 2 is 1.55 bits per heavy atom. The van der Waals surface area contributed by atoms with Crippen molar-refractivity contribution in [3.63, 3.8) is 0 Å². The maximum atomic E-state index is 6.46. The van der Waals surface area contributed by atoms with Gasteiger partial charge >= 0.3 is 0 Å². The molecule has 1 N–H and O–H groups in total. The van der Waals surface area contributed by atoms with Crippen LogP contribution in [0.15, 0.2) is 30.3 Å². The highest BCUT2D eigenvalue weighted by Gasteiger charge is 2.19. The molecule has 0 radical (unpaired) electrons. The van der Waals surface area contributed by atoms with E-state index in [1.165, 1.54) is 11.1 Å². The minimum Gasteiger partial charge on any atom is -0.309 e. The Morgan fingerprint density at radius 3 is 2.20 bits per heavy atom. The van der Waals surface area contributed by atoms with E-state index in [-0.39, 0.29) is 6.04 Å². The van der Waals surface area contributed by atoms with Crippen molar-refractivity contribution in [2.24, 2.45) is 0 Å². The molecule has 0 aliphatic heterocycles. The van der Waals surface area contributed by atoms with Crippen LogP contribution in [0, 0.1) is 20.8 Å². The van der Waals surface area contributed by atoms with Gasteiger partial charge < -0.3 is 5.32 Å². The highest BCUT2D eigenvalue weighted by Crippen LogP contribution is 2.34. The van der Waals surface area contributed by atoms with Gasteiger partial charge in [0.2, 0.25) is 0 Å². The van der Waals surface area contributed by atoms with Gasteiger partial charge in [0.15, 0.2) is 0 Å². The second-order valence-corrected chi connectivity index (χ2v) is 5.94. The zero-order valence-corrected chi connectivity index (χ0v) is 13.7. The van der Waals surface area contributed by atoms with Gasteiger partial charge in [-0.15, -0.1) is 0 Å². The van der Waals surface area contributed by atoms with E-state index in [0.29, 0.717) is 0 Å². The first-order valence-corrected chi connectivity index (χ1v) is 7.40. The van der Waals surface area contributed by atoms with Crippen molar-refractivity contribution in [1.82, 2.24) is 5.32 Å². The molecule has 2 rings (SSSR count). The number of nitrogens with one attached hydrogen (secondary N) is 1. The molecule has 0 aromatic heterocycles. The minimum absolute atomic E-state index is 0.00537. The summed E-state index contributed by atoms with van der Waals surface area (Å²) in [6.45, 7) is 6.18. The van der Waals surface area contributed by atoms with Crippen LogP contribution in [-0.2, 0) is 0 Å². The van der Waals surface area contributed by atoms with Gasteiger partial charge in [-0.25, -0.2) is 0 Å². The second-order valence-electron chi connectivity index (χ2n) is 5.16. The molecular weight excluding hydrogens is 289 g/mol. The fourth-order valence-corrected chi connectivity index (χ4v) is 2.96. The Bertz CT molecular complexity index is 635. The molecule has 0 bridgehead atoms. The molecule has 3 heteroatoms. The summed E-state index contributed by atoms with van der Waals surface area (Å²) in [5.74, 6) is 0. The van der Waals surface area contributed by atoms with Crippen molar-refractivity contribution in [3.8, 4) is 0 Å². The zero-order chi connectivity index (χ0) is 14.9. The Hall–Kier alpha value is -1.02. The summed E-state index contributed by atoms with van der Waals surface area (Å²) >= 11 is 12.9. The number of hydrogen-bond donors (Lipinski definition) is 1. The Morgan fingerprint density at radius 1 is 0.900 bits per heavy atom. The number of hydrogen-bond acceptors (Lipinski definition) is 1. The molecule has 0 fully saturated rings. The largest absolute Gasteiger partial charge is 0.309 e. The average molecular weight is 308 g/mol. The Balaban J connectivity index is 2.58. The minimum atomic E-state index is -0.00537. The molecule has 2 aromatic carbocycles. The fraction of sp³-hybridized carbons (Fsp3) is 0.294. The SMILES string of the molecule is CNC(c1cc(C)c(C)cc1Cl)c1cccc(C)c1Cl. The predicted octanol–water partition coefficient (Wildman–Crippen LogP) is 5.23. The van der Waals surface area contributed by atoms with Crippen molar-refractivity contribution >= 4 is 23.2 Å². The lowest BCUT2D eigenvalue weighted by atomic mass is 9.94. The van der Waals surface area contributed by atoms with Crippen LogP contribution in [-0.4, -0.2) is 7.05 Å². The van der Waals surface area contributed by atoms with Crippen molar-refractivity contribution in [1.29, 1.82) is 0 Å². The van der Waals surface area contributed by atoms with Gasteiger partial charge in [0, 0.05) is 10.0 Å². The third kappa shape index (κ3) is 2.85. The lowest BCUT2D eigenvalue weighted by Crippen LogP contribution is -2.19. The van der Waals surface area contributed by atoms with Gasteiger partial charge in [-0.2, -0.15) is 0 Å². The van der Waals surface area contributed by atoms with Crippen LogP contribution in [0.2, 0.25) is 10.0 Å². The number of aryl methyl sites for hydroxylation is 3. The van der Waals surface area contributed by atoms with Crippen molar-refractivity contribution in [2.75, 3.05) is 7.05 Å². The summed E-state index contributed by atoms with van der Waals surface area (Å²) < 4.78 is 0. The van der Waals surface area contributed by atoms with Crippen LogP contribution in [0.3, 0.4) is 0 Å². The highest BCUT2D eigenvalue weighted by atomic mass is 35.5. The molecule has 106 valence electrons. The molecule has 0 heterocycles. The second kappa shape index (κ2) is 6.17. The van der Waals surface area contributed by atoms with E-state index >= 15 is 0 Å². The van der Waals surface area contributed by atoms with Crippen LogP contribution < -0.4 is 5.32 Å². The summed E-state index contributed by atoms with van der Waals surface area (Å²) in [5, 5.41) is 4.88. The fourth-order valence-electron chi connectivity index (χ4n) is 2.40. The molecule has 0 aliphatic carbocycles. The molecule has 20 heavy (non-hydrogen) atoms. The zero-order valence-electron chi connectivity index (χ0n) is 12.2. The third-order valence-electron chi connectivity index (χ3n) is 3.75. The summed E-state index contributed by atoms with van der Waals surface area (Å²) in [6.07, 6.45) is 0. The quantitative estimate of drug-likeness (QED) is 0.819. The molecular formula is C17H19Cl2N. The van der Waals surface area contributed by atoms with Gasteiger partial charge in [0.05, 0.1) is 6.04 Å². The smallest absolute Gasteiger partial charge is 0.0603 e. The van der Waals surface area contributed by atoms with Crippen LogP contribution in [0.4, 0.5) is 0 Å². The summed E-state index contributed by atoms with van der Waals surface area (Å²) in [4.78, 5) is 0. The highest BCUT2D eigenvalue weighted by molar-refractivity contribution is 6.32.